The lowest BCUT2D eigenvalue weighted by Gasteiger charge is -2.27. The van der Waals surface area contributed by atoms with Crippen molar-refractivity contribution in [3.63, 3.8) is 0 Å². The SMILES string of the molecule is CC(C)C1CC(=O)Nc2c1cnn2C1CCCC1. The van der Waals surface area contributed by atoms with Gasteiger partial charge in [0.15, 0.2) is 0 Å². The maximum Gasteiger partial charge on any atom is 0.226 e. The van der Waals surface area contributed by atoms with E-state index in [0.29, 0.717) is 24.3 Å². The van der Waals surface area contributed by atoms with Crippen molar-refractivity contribution in [2.45, 2.75) is 57.9 Å². The van der Waals surface area contributed by atoms with E-state index < -0.39 is 0 Å². The zero-order chi connectivity index (χ0) is 12.7. The first kappa shape index (κ1) is 11.8. The predicted octanol–water partition coefficient (Wildman–Crippen LogP) is 3.08. The molecule has 4 heteroatoms. The Hall–Kier alpha value is -1.32. The van der Waals surface area contributed by atoms with Gasteiger partial charge in [-0.25, -0.2) is 4.68 Å². The summed E-state index contributed by atoms with van der Waals surface area (Å²) in [5, 5.41) is 7.58. The number of nitrogens with one attached hydrogen (secondary N) is 1. The van der Waals surface area contributed by atoms with Crippen LogP contribution >= 0.6 is 0 Å². The fourth-order valence-electron chi connectivity index (χ4n) is 3.29. The molecule has 18 heavy (non-hydrogen) atoms. The third-order valence-corrected chi connectivity index (χ3v) is 4.36. The normalized spacial score (nSPS) is 24.4. The number of carbonyl (C=O) groups excluding carboxylic acids is 1. The summed E-state index contributed by atoms with van der Waals surface area (Å²) in [7, 11) is 0. The first-order valence-electron chi connectivity index (χ1n) is 7.04. The summed E-state index contributed by atoms with van der Waals surface area (Å²) in [4.78, 5) is 11.9. The molecule has 1 unspecified atom stereocenters. The van der Waals surface area contributed by atoms with Crippen molar-refractivity contribution in [2.24, 2.45) is 5.92 Å². The van der Waals surface area contributed by atoms with E-state index in [1.807, 2.05) is 6.20 Å². The maximum absolute atomic E-state index is 11.9. The van der Waals surface area contributed by atoms with E-state index in [1.165, 1.54) is 31.2 Å². The number of carbonyl (C=O) groups is 1. The van der Waals surface area contributed by atoms with Crippen molar-refractivity contribution in [2.75, 3.05) is 5.32 Å². The Balaban J connectivity index is 1.98. The summed E-state index contributed by atoms with van der Waals surface area (Å²) in [5.41, 5.74) is 1.23. The molecule has 4 nitrogen and oxygen atoms in total. The van der Waals surface area contributed by atoms with Crippen LogP contribution in [0.1, 0.15) is 63.5 Å². The van der Waals surface area contributed by atoms with E-state index in [-0.39, 0.29) is 5.91 Å². The Morgan fingerprint density at radius 1 is 1.39 bits per heavy atom. The Labute approximate surface area is 108 Å². The molecule has 0 aromatic carbocycles. The zero-order valence-corrected chi connectivity index (χ0v) is 11.1. The van der Waals surface area contributed by atoms with Gasteiger partial charge in [-0.2, -0.15) is 5.10 Å². The molecule has 3 rings (SSSR count). The number of rotatable bonds is 2. The molecule has 1 aromatic heterocycles. The zero-order valence-electron chi connectivity index (χ0n) is 11.1. The van der Waals surface area contributed by atoms with Crippen LogP contribution in [0, 0.1) is 5.92 Å². The van der Waals surface area contributed by atoms with Gasteiger partial charge in [-0.05, 0) is 18.8 Å². The lowest BCUT2D eigenvalue weighted by atomic mass is 9.85. The average molecular weight is 247 g/mol. The third-order valence-electron chi connectivity index (χ3n) is 4.36. The van der Waals surface area contributed by atoms with Gasteiger partial charge in [0.2, 0.25) is 5.91 Å². The van der Waals surface area contributed by atoms with Crippen molar-refractivity contribution in [3.05, 3.63) is 11.8 Å². The van der Waals surface area contributed by atoms with E-state index in [2.05, 4.69) is 28.9 Å². The first-order valence-corrected chi connectivity index (χ1v) is 7.04. The molecule has 0 radical (unpaired) electrons. The molecule has 0 spiro atoms. The molecule has 1 amide bonds. The van der Waals surface area contributed by atoms with Crippen LogP contribution in [0.3, 0.4) is 0 Å². The fraction of sp³-hybridized carbons (Fsp3) is 0.714. The number of hydrogen-bond donors (Lipinski definition) is 1. The van der Waals surface area contributed by atoms with E-state index >= 15 is 0 Å². The van der Waals surface area contributed by atoms with Gasteiger partial charge in [-0.15, -0.1) is 0 Å². The second-order valence-electron chi connectivity index (χ2n) is 5.93. The Morgan fingerprint density at radius 2 is 2.11 bits per heavy atom. The van der Waals surface area contributed by atoms with Gasteiger partial charge < -0.3 is 5.32 Å². The largest absolute Gasteiger partial charge is 0.311 e. The highest BCUT2D eigenvalue weighted by Crippen LogP contribution is 2.40. The van der Waals surface area contributed by atoms with Crippen molar-refractivity contribution < 1.29 is 4.79 Å². The van der Waals surface area contributed by atoms with Gasteiger partial charge in [0.05, 0.1) is 12.2 Å². The number of anilines is 1. The van der Waals surface area contributed by atoms with Crippen LogP contribution in [-0.4, -0.2) is 15.7 Å². The van der Waals surface area contributed by atoms with Gasteiger partial charge in [0, 0.05) is 17.9 Å². The molecule has 1 N–H and O–H groups in total. The number of nitrogens with zero attached hydrogens (tertiary/aromatic N) is 2. The predicted molar refractivity (Wildman–Crippen MR) is 70.6 cm³/mol. The molecule has 98 valence electrons. The molecular formula is C14H21N3O. The van der Waals surface area contributed by atoms with E-state index in [0.717, 1.165) is 5.82 Å². The van der Waals surface area contributed by atoms with Crippen LogP contribution in [0.2, 0.25) is 0 Å². The molecule has 2 heterocycles. The third kappa shape index (κ3) is 1.84. The number of amides is 1. The summed E-state index contributed by atoms with van der Waals surface area (Å²) in [6, 6.07) is 0.486. The lowest BCUT2D eigenvalue weighted by Crippen LogP contribution is -2.27. The second kappa shape index (κ2) is 4.41. The van der Waals surface area contributed by atoms with E-state index in [4.69, 9.17) is 0 Å². The fourth-order valence-corrected chi connectivity index (χ4v) is 3.29. The highest BCUT2D eigenvalue weighted by molar-refractivity contribution is 5.93. The van der Waals surface area contributed by atoms with Crippen molar-refractivity contribution in [1.29, 1.82) is 0 Å². The van der Waals surface area contributed by atoms with Crippen LogP contribution in [0.25, 0.3) is 0 Å². The van der Waals surface area contributed by atoms with Crippen molar-refractivity contribution in [1.82, 2.24) is 9.78 Å². The van der Waals surface area contributed by atoms with Gasteiger partial charge in [0.25, 0.3) is 0 Å². The Morgan fingerprint density at radius 3 is 2.78 bits per heavy atom. The smallest absolute Gasteiger partial charge is 0.226 e. The molecule has 1 fully saturated rings. The van der Waals surface area contributed by atoms with E-state index in [1.54, 1.807) is 0 Å². The van der Waals surface area contributed by atoms with Crippen LogP contribution in [-0.2, 0) is 4.79 Å². The minimum Gasteiger partial charge on any atom is -0.311 e. The van der Waals surface area contributed by atoms with Crippen LogP contribution < -0.4 is 5.32 Å². The topological polar surface area (TPSA) is 46.9 Å². The molecule has 1 saturated carbocycles. The summed E-state index contributed by atoms with van der Waals surface area (Å²) < 4.78 is 2.06. The van der Waals surface area contributed by atoms with Crippen LogP contribution in [0.5, 0.6) is 0 Å². The minimum atomic E-state index is 0.140. The monoisotopic (exact) mass is 247 g/mol. The number of fused-ring (bicyclic) bond motifs is 1. The highest BCUT2D eigenvalue weighted by Gasteiger charge is 2.32. The van der Waals surface area contributed by atoms with Gasteiger partial charge in [-0.3, -0.25) is 4.79 Å². The molecule has 2 aliphatic rings. The standard InChI is InChI=1S/C14H21N3O/c1-9(2)11-7-13(18)16-14-12(11)8-15-17(14)10-5-3-4-6-10/h8-11H,3-7H2,1-2H3,(H,16,18). The highest BCUT2D eigenvalue weighted by atomic mass is 16.1. The number of aromatic nitrogens is 2. The van der Waals surface area contributed by atoms with Crippen LogP contribution in [0.15, 0.2) is 6.20 Å². The Kier molecular flexibility index (Phi) is 2.88. The molecule has 1 aliphatic heterocycles. The molecule has 0 bridgehead atoms. The minimum absolute atomic E-state index is 0.140. The van der Waals surface area contributed by atoms with Gasteiger partial charge in [-0.1, -0.05) is 26.7 Å². The molecule has 1 atom stereocenters. The average Bonchev–Trinajstić information content (AvgIpc) is 2.94. The summed E-state index contributed by atoms with van der Waals surface area (Å²) >= 11 is 0. The quantitative estimate of drug-likeness (QED) is 0.873. The molecule has 1 aliphatic carbocycles. The molecule has 0 saturated heterocycles. The van der Waals surface area contributed by atoms with E-state index in [9.17, 15) is 4.79 Å². The summed E-state index contributed by atoms with van der Waals surface area (Å²) in [6.07, 6.45) is 7.51. The number of hydrogen-bond acceptors (Lipinski definition) is 2. The summed E-state index contributed by atoms with van der Waals surface area (Å²) in [6.45, 7) is 4.36. The summed E-state index contributed by atoms with van der Waals surface area (Å²) in [5.74, 6) is 1.91. The second-order valence-corrected chi connectivity index (χ2v) is 5.93. The molecule has 1 aromatic rings. The first-order chi connectivity index (χ1) is 8.66. The van der Waals surface area contributed by atoms with Crippen LogP contribution in [0.4, 0.5) is 5.82 Å². The van der Waals surface area contributed by atoms with Crippen molar-refractivity contribution >= 4 is 11.7 Å². The van der Waals surface area contributed by atoms with Gasteiger partial charge in [0.1, 0.15) is 5.82 Å². The molecular weight excluding hydrogens is 226 g/mol. The van der Waals surface area contributed by atoms with Gasteiger partial charge >= 0.3 is 0 Å². The van der Waals surface area contributed by atoms with Crippen molar-refractivity contribution in [3.8, 4) is 0 Å². The maximum atomic E-state index is 11.9. The lowest BCUT2D eigenvalue weighted by molar-refractivity contribution is -0.117. The Bertz CT molecular complexity index is 444.